The van der Waals surface area contributed by atoms with E-state index in [2.05, 4.69) is 11.8 Å². The Labute approximate surface area is 172 Å². The fourth-order valence-corrected chi connectivity index (χ4v) is 4.20. The minimum Gasteiger partial charge on any atom is -0.486 e. The lowest BCUT2D eigenvalue weighted by atomic mass is 10.0. The summed E-state index contributed by atoms with van der Waals surface area (Å²) in [7, 11) is 0. The molecule has 152 valence electrons. The van der Waals surface area contributed by atoms with Gasteiger partial charge in [0, 0.05) is 0 Å². The van der Waals surface area contributed by atoms with E-state index in [4.69, 9.17) is 9.72 Å². The van der Waals surface area contributed by atoms with Gasteiger partial charge in [0.15, 0.2) is 5.82 Å². The van der Waals surface area contributed by atoms with Gasteiger partial charge in [-0.1, -0.05) is 50.1 Å². The highest BCUT2D eigenvalue weighted by molar-refractivity contribution is 5.94. The van der Waals surface area contributed by atoms with Crippen molar-refractivity contribution >= 4 is 16.9 Å². The zero-order valence-corrected chi connectivity index (χ0v) is 17.1. The lowest BCUT2D eigenvalue weighted by molar-refractivity contribution is 0.0676. The number of imidazole rings is 1. The molecule has 0 bridgehead atoms. The number of carbonyl (C=O) groups excluding carboxylic acids is 1. The molecular weight excluding hydrogens is 362 g/mol. The summed E-state index contributed by atoms with van der Waals surface area (Å²) in [5, 5.41) is 0. The van der Waals surface area contributed by atoms with E-state index in [9.17, 15) is 4.79 Å². The number of para-hydroxylation sites is 3. The lowest BCUT2D eigenvalue weighted by Gasteiger charge is -2.33. The maximum Gasteiger partial charge on any atom is 0.250 e. The van der Waals surface area contributed by atoms with Gasteiger partial charge in [0.2, 0.25) is 5.91 Å². The van der Waals surface area contributed by atoms with E-state index in [1.54, 1.807) is 4.57 Å². The van der Waals surface area contributed by atoms with Crippen molar-refractivity contribution in [2.45, 2.75) is 51.7 Å². The molecule has 0 radical (unpaired) electrons. The van der Waals surface area contributed by atoms with Crippen LogP contribution in [0.25, 0.3) is 11.0 Å². The number of benzene rings is 2. The van der Waals surface area contributed by atoms with E-state index in [1.165, 1.54) is 19.3 Å². The second-order valence-corrected chi connectivity index (χ2v) is 7.69. The summed E-state index contributed by atoms with van der Waals surface area (Å²) in [5.41, 5.74) is 1.70. The Hall–Kier alpha value is -2.66. The number of rotatable bonds is 7. The Bertz CT molecular complexity index is 945. The fraction of sp³-hybridized carbons (Fsp3) is 0.417. The van der Waals surface area contributed by atoms with Crippen molar-refractivity contribution in [3.8, 4) is 5.75 Å². The third-order valence-corrected chi connectivity index (χ3v) is 5.64. The van der Waals surface area contributed by atoms with Crippen LogP contribution in [0.3, 0.4) is 0 Å². The minimum absolute atomic E-state index is 0.103. The molecule has 1 atom stereocenters. The molecular formula is C24H29N3O2. The Morgan fingerprint density at radius 3 is 2.52 bits per heavy atom. The number of ether oxygens (including phenoxy) is 1. The molecule has 1 aromatic heterocycles. The van der Waals surface area contributed by atoms with Crippen LogP contribution < -0.4 is 4.74 Å². The van der Waals surface area contributed by atoms with Crippen LogP contribution in [0.15, 0.2) is 54.6 Å². The summed E-state index contributed by atoms with van der Waals surface area (Å²) in [6, 6.07) is 17.4. The predicted octanol–water partition coefficient (Wildman–Crippen LogP) is 4.91. The highest BCUT2D eigenvalue weighted by atomic mass is 16.5. The number of hydrogen-bond acceptors (Lipinski definition) is 4. The molecule has 5 heteroatoms. The highest BCUT2D eigenvalue weighted by Crippen LogP contribution is 2.23. The van der Waals surface area contributed by atoms with Gasteiger partial charge in [-0.2, -0.15) is 0 Å². The molecule has 1 unspecified atom stereocenters. The first-order valence-corrected chi connectivity index (χ1v) is 10.7. The van der Waals surface area contributed by atoms with Crippen LogP contribution in [0.5, 0.6) is 5.75 Å². The first-order chi connectivity index (χ1) is 14.3. The Morgan fingerprint density at radius 1 is 1.03 bits per heavy atom. The molecule has 1 saturated heterocycles. The average Bonchev–Trinajstić information content (AvgIpc) is 3.15. The molecule has 3 aromatic rings. The van der Waals surface area contributed by atoms with Gasteiger partial charge in [0.25, 0.3) is 0 Å². The maximum atomic E-state index is 13.8. The Balaban J connectivity index is 1.67. The van der Waals surface area contributed by atoms with Crippen LogP contribution >= 0.6 is 0 Å². The van der Waals surface area contributed by atoms with Gasteiger partial charge in [-0.05, 0) is 56.6 Å². The minimum atomic E-state index is -0.103. The van der Waals surface area contributed by atoms with Gasteiger partial charge in [-0.15, -0.1) is 0 Å². The van der Waals surface area contributed by atoms with Crippen LogP contribution in [0.1, 0.15) is 49.6 Å². The maximum absolute atomic E-state index is 13.8. The number of hydrogen-bond donors (Lipinski definition) is 0. The quantitative estimate of drug-likeness (QED) is 0.574. The second kappa shape index (κ2) is 9.23. The number of fused-ring (bicyclic) bond motifs is 1. The Kier molecular flexibility index (Phi) is 6.25. The van der Waals surface area contributed by atoms with E-state index in [0.29, 0.717) is 5.82 Å². The Morgan fingerprint density at radius 2 is 1.76 bits per heavy atom. The van der Waals surface area contributed by atoms with Crippen molar-refractivity contribution in [3.63, 3.8) is 0 Å². The number of likely N-dealkylation sites (tertiary alicyclic amines) is 1. The molecule has 0 aliphatic carbocycles. The summed E-state index contributed by atoms with van der Waals surface area (Å²) >= 11 is 0. The standard InChI is InChI=1S/C24H29N3O2/c1-2-11-22(26-16-9-4-10-17-26)24(28)27-21-15-8-7-14-20(21)25-23(27)18-29-19-12-5-3-6-13-19/h3,5-8,12-15,22H,2,4,9-11,16-18H2,1H3. The first-order valence-electron chi connectivity index (χ1n) is 10.7. The molecule has 2 aromatic carbocycles. The van der Waals surface area contributed by atoms with Crippen LogP contribution in [0.2, 0.25) is 0 Å². The largest absolute Gasteiger partial charge is 0.486 e. The van der Waals surface area contributed by atoms with Crippen LogP contribution in [-0.2, 0) is 6.61 Å². The zero-order valence-electron chi connectivity index (χ0n) is 17.1. The average molecular weight is 392 g/mol. The van der Waals surface area contributed by atoms with Crippen molar-refractivity contribution in [1.82, 2.24) is 14.5 Å². The predicted molar refractivity (Wildman–Crippen MR) is 115 cm³/mol. The summed E-state index contributed by atoms with van der Waals surface area (Å²) in [5.74, 6) is 1.56. The van der Waals surface area contributed by atoms with Gasteiger partial charge in [-0.25, -0.2) is 4.98 Å². The molecule has 1 aliphatic rings. The molecule has 0 saturated carbocycles. The van der Waals surface area contributed by atoms with Crippen molar-refractivity contribution in [2.24, 2.45) is 0 Å². The van der Waals surface area contributed by atoms with E-state index in [0.717, 1.165) is 42.7 Å². The van der Waals surface area contributed by atoms with E-state index >= 15 is 0 Å². The first kappa shape index (κ1) is 19.6. The van der Waals surface area contributed by atoms with Gasteiger partial charge >= 0.3 is 0 Å². The molecule has 29 heavy (non-hydrogen) atoms. The molecule has 1 fully saturated rings. The van der Waals surface area contributed by atoms with Crippen LogP contribution in [0.4, 0.5) is 0 Å². The van der Waals surface area contributed by atoms with Crippen molar-refractivity contribution in [1.29, 1.82) is 0 Å². The molecule has 2 heterocycles. The van der Waals surface area contributed by atoms with Crippen LogP contribution in [-0.4, -0.2) is 39.5 Å². The smallest absolute Gasteiger partial charge is 0.250 e. The number of aromatic nitrogens is 2. The highest BCUT2D eigenvalue weighted by Gasteiger charge is 2.30. The summed E-state index contributed by atoms with van der Waals surface area (Å²) in [6.07, 6.45) is 5.44. The number of piperidine rings is 1. The SMILES string of the molecule is CCCC(C(=O)n1c(COc2ccccc2)nc2ccccc21)N1CCCCC1. The van der Waals surface area contributed by atoms with E-state index < -0.39 is 0 Å². The van der Waals surface area contributed by atoms with Gasteiger partial charge in [0.05, 0.1) is 17.1 Å². The zero-order chi connectivity index (χ0) is 20.1. The van der Waals surface area contributed by atoms with E-state index in [1.807, 2.05) is 54.6 Å². The summed E-state index contributed by atoms with van der Waals surface area (Å²) in [6.45, 7) is 4.41. The topological polar surface area (TPSA) is 47.4 Å². The lowest BCUT2D eigenvalue weighted by Crippen LogP contribution is -2.46. The van der Waals surface area contributed by atoms with Crippen molar-refractivity contribution < 1.29 is 9.53 Å². The van der Waals surface area contributed by atoms with Gasteiger partial charge in [0.1, 0.15) is 12.4 Å². The summed E-state index contributed by atoms with van der Waals surface area (Å²) < 4.78 is 7.75. The monoisotopic (exact) mass is 391 g/mol. The molecule has 0 amide bonds. The molecule has 5 nitrogen and oxygen atoms in total. The third kappa shape index (κ3) is 4.35. The van der Waals surface area contributed by atoms with Gasteiger partial charge in [-0.3, -0.25) is 14.3 Å². The summed E-state index contributed by atoms with van der Waals surface area (Å²) in [4.78, 5) is 20.9. The number of carbonyl (C=O) groups is 1. The molecule has 4 rings (SSSR count). The van der Waals surface area contributed by atoms with Gasteiger partial charge < -0.3 is 4.74 Å². The van der Waals surface area contributed by atoms with Crippen molar-refractivity contribution in [2.75, 3.05) is 13.1 Å². The fourth-order valence-electron chi connectivity index (χ4n) is 4.20. The van der Waals surface area contributed by atoms with Crippen molar-refractivity contribution in [3.05, 3.63) is 60.4 Å². The molecule has 0 N–H and O–H groups in total. The van der Waals surface area contributed by atoms with Crippen LogP contribution in [0, 0.1) is 0 Å². The third-order valence-electron chi connectivity index (χ3n) is 5.64. The molecule has 1 aliphatic heterocycles. The number of nitrogens with zero attached hydrogens (tertiary/aromatic N) is 3. The van der Waals surface area contributed by atoms with E-state index in [-0.39, 0.29) is 18.6 Å². The second-order valence-electron chi connectivity index (χ2n) is 7.69. The molecule has 0 spiro atoms. The normalized spacial score (nSPS) is 16.0.